The Morgan fingerprint density at radius 1 is 1.10 bits per heavy atom. The van der Waals surface area contributed by atoms with E-state index >= 15 is 0 Å². The van der Waals surface area contributed by atoms with Gasteiger partial charge in [0.25, 0.3) is 0 Å². The van der Waals surface area contributed by atoms with E-state index in [2.05, 4.69) is 0 Å². The minimum Gasteiger partial charge on any atom is -0.445 e. The Labute approximate surface area is 123 Å². The van der Waals surface area contributed by atoms with Gasteiger partial charge in [-0.3, -0.25) is 4.90 Å². The maximum Gasteiger partial charge on any atom is 0.410 e. The Kier molecular flexibility index (Phi) is 3.88. The molecular formula is C17H17NO3. The van der Waals surface area contributed by atoms with Crippen molar-refractivity contribution in [2.75, 3.05) is 0 Å². The van der Waals surface area contributed by atoms with Crippen molar-refractivity contribution in [2.24, 2.45) is 0 Å². The second-order valence-corrected chi connectivity index (χ2v) is 5.11. The molecule has 108 valence electrons. The molecule has 1 aliphatic rings. The molecule has 4 nitrogen and oxygen atoms in total. The van der Waals surface area contributed by atoms with E-state index in [0.717, 1.165) is 22.3 Å². The van der Waals surface area contributed by atoms with E-state index < -0.39 is 0 Å². The van der Waals surface area contributed by atoms with Crippen LogP contribution in [0, 0.1) is 0 Å². The molecule has 0 aliphatic carbocycles. The molecule has 2 aromatic rings. The van der Waals surface area contributed by atoms with Gasteiger partial charge in [-0.25, -0.2) is 4.79 Å². The Morgan fingerprint density at radius 2 is 1.90 bits per heavy atom. The number of ether oxygens (including phenoxy) is 1. The van der Waals surface area contributed by atoms with Crippen molar-refractivity contribution < 1.29 is 14.6 Å². The van der Waals surface area contributed by atoms with Crippen LogP contribution in [0.4, 0.5) is 4.79 Å². The molecule has 4 heteroatoms. The van der Waals surface area contributed by atoms with E-state index in [1.807, 2.05) is 48.5 Å². The third-order valence-electron chi connectivity index (χ3n) is 3.71. The van der Waals surface area contributed by atoms with Crippen molar-refractivity contribution in [3.05, 3.63) is 70.8 Å². The van der Waals surface area contributed by atoms with Gasteiger partial charge in [0.05, 0.1) is 13.2 Å². The summed E-state index contributed by atoms with van der Waals surface area (Å²) < 4.78 is 5.34. The molecule has 0 aromatic heterocycles. The minimum atomic E-state index is -0.320. The largest absolute Gasteiger partial charge is 0.445 e. The summed E-state index contributed by atoms with van der Waals surface area (Å²) in [6, 6.07) is 15.4. The summed E-state index contributed by atoms with van der Waals surface area (Å²) in [4.78, 5) is 13.8. The predicted molar refractivity (Wildman–Crippen MR) is 78.2 cm³/mol. The highest BCUT2D eigenvalue weighted by molar-refractivity contribution is 5.69. The summed E-state index contributed by atoms with van der Waals surface area (Å²) in [5.74, 6) is 0. The zero-order valence-electron chi connectivity index (χ0n) is 11.7. The number of hydrogen-bond acceptors (Lipinski definition) is 3. The molecule has 0 bridgehead atoms. The van der Waals surface area contributed by atoms with Gasteiger partial charge >= 0.3 is 6.09 Å². The standard InChI is InChI=1S/C17H17NO3/c19-11-15-8-4-7-14-9-18(10-16(14)15)17(20)21-12-13-5-2-1-3-6-13/h1-8,19H,9-12H2. The quantitative estimate of drug-likeness (QED) is 0.942. The number of nitrogens with zero attached hydrogens (tertiary/aromatic N) is 1. The molecular weight excluding hydrogens is 266 g/mol. The Hall–Kier alpha value is -2.33. The fourth-order valence-electron chi connectivity index (χ4n) is 2.58. The van der Waals surface area contributed by atoms with E-state index in [4.69, 9.17) is 4.74 Å². The molecule has 0 radical (unpaired) electrons. The highest BCUT2D eigenvalue weighted by Crippen LogP contribution is 2.26. The lowest BCUT2D eigenvalue weighted by atomic mass is 10.0. The molecule has 0 spiro atoms. The molecule has 21 heavy (non-hydrogen) atoms. The van der Waals surface area contributed by atoms with Gasteiger partial charge in [-0.2, -0.15) is 0 Å². The molecule has 0 fully saturated rings. The van der Waals surface area contributed by atoms with Gasteiger partial charge in [-0.15, -0.1) is 0 Å². The van der Waals surface area contributed by atoms with Crippen LogP contribution in [-0.2, 0) is 31.0 Å². The maximum absolute atomic E-state index is 12.1. The third kappa shape index (κ3) is 2.90. The van der Waals surface area contributed by atoms with Crippen molar-refractivity contribution in [2.45, 2.75) is 26.3 Å². The van der Waals surface area contributed by atoms with E-state index in [-0.39, 0.29) is 19.3 Å². The van der Waals surface area contributed by atoms with Gasteiger partial charge in [0.2, 0.25) is 0 Å². The predicted octanol–water partition coefficient (Wildman–Crippen LogP) is 2.83. The minimum absolute atomic E-state index is 0.00389. The summed E-state index contributed by atoms with van der Waals surface area (Å²) >= 11 is 0. The fourth-order valence-corrected chi connectivity index (χ4v) is 2.58. The lowest BCUT2D eigenvalue weighted by molar-refractivity contribution is 0.0954. The molecule has 0 saturated heterocycles. The van der Waals surface area contributed by atoms with Gasteiger partial charge in [0.15, 0.2) is 0 Å². The fraction of sp³-hybridized carbons (Fsp3) is 0.235. The van der Waals surface area contributed by atoms with Crippen molar-refractivity contribution in [3.8, 4) is 0 Å². The smallest absolute Gasteiger partial charge is 0.410 e. The molecule has 0 unspecified atom stereocenters. The van der Waals surface area contributed by atoms with Gasteiger partial charge < -0.3 is 9.84 Å². The topological polar surface area (TPSA) is 49.8 Å². The number of rotatable bonds is 3. The first-order valence-electron chi connectivity index (χ1n) is 6.94. The second-order valence-electron chi connectivity index (χ2n) is 5.11. The number of carbonyl (C=O) groups excluding carboxylic acids is 1. The van der Waals surface area contributed by atoms with Crippen LogP contribution in [0.5, 0.6) is 0 Å². The first-order valence-corrected chi connectivity index (χ1v) is 6.94. The highest BCUT2D eigenvalue weighted by Gasteiger charge is 2.26. The van der Waals surface area contributed by atoms with Crippen LogP contribution in [0.3, 0.4) is 0 Å². The van der Waals surface area contributed by atoms with Gasteiger partial charge in [0, 0.05) is 6.54 Å². The van der Waals surface area contributed by atoms with Crippen LogP contribution < -0.4 is 0 Å². The number of amides is 1. The van der Waals surface area contributed by atoms with Crippen molar-refractivity contribution in [1.29, 1.82) is 0 Å². The molecule has 2 aromatic carbocycles. The second kappa shape index (κ2) is 5.97. The van der Waals surface area contributed by atoms with Crippen molar-refractivity contribution in [1.82, 2.24) is 4.90 Å². The zero-order valence-corrected chi connectivity index (χ0v) is 11.7. The average Bonchev–Trinajstić information content (AvgIpc) is 2.97. The zero-order chi connectivity index (χ0) is 14.7. The molecule has 1 amide bonds. The Balaban J connectivity index is 1.63. The molecule has 3 rings (SSSR count). The molecule has 1 aliphatic heterocycles. The van der Waals surface area contributed by atoms with E-state index in [9.17, 15) is 9.90 Å². The first-order chi connectivity index (χ1) is 10.3. The summed E-state index contributed by atoms with van der Waals surface area (Å²) in [5, 5.41) is 9.34. The van der Waals surface area contributed by atoms with Crippen LogP contribution in [0.1, 0.15) is 22.3 Å². The van der Waals surface area contributed by atoms with Crippen LogP contribution in [0.2, 0.25) is 0 Å². The summed E-state index contributed by atoms with van der Waals surface area (Å²) in [6.07, 6.45) is -0.320. The molecule has 0 atom stereocenters. The van der Waals surface area contributed by atoms with Crippen LogP contribution in [0.25, 0.3) is 0 Å². The van der Waals surface area contributed by atoms with Crippen molar-refractivity contribution in [3.63, 3.8) is 0 Å². The van der Waals surface area contributed by atoms with Crippen LogP contribution in [0.15, 0.2) is 48.5 Å². The van der Waals surface area contributed by atoms with E-state index in [1.165, 1.54) is 0 Å². The average molecular weight is 283 g/mol. The summed E-state index contributed by atoms with van der Waals surface area (Å²) in [5.41, 5.74) is 3.97. The van der Waals surface area contributed by atoms with Crippen LogP contribution in [-0.4, -0.2) is 16.1 Å². The molecule has 0 saturated carbocycles. The van der Waals surface area contributed by atoms with Gasteiger partial charge in [0.1, 0.15) is 6.61 Å². The van der Waals surface area contributed by atoms with E-state index in [0.29, 0.717) is 13.1 Å². The Morgan fingerprint density at radius 3 is 2.67 bits per heavy atom. The van der Waals surface area contributed by atoms with Gasteiger partial charge in [-0.1, -0.05) is 48.5 Å². The lowest BCUT2D eigenvalue weighted by Gasteiger charge is -2.15. The highest BCUT2D eigenvalue weighted by atomic mass is 16.6. The normalized spacial score (nSPS) is 13.1. The summed E-state index contributed by atoms with van der Waals surface area (Å²) in [7, 11) is 0. The molecule has 1 heterocycles. The maximum atomic E-state index is 12.1. The van der Waals surface area contributed by atoms with Crippen molar-refractivity contribution >= 4 is 6.09 Å². The van der Waals surface area contributed by atoms with E-state index in [1.54, 1.807) is 4.90 Å². The number of aliphatic hydroxyl groups excluding tert-OH is 1. The SMILES string of the molecule is O=C(OCc1ccccc1)N1Cc2cccc(CO)c2C1. The third-order valence-corrected chi connectivity index (χ3v) is 3.71. The van der Waals surface area contributed by atoms with Gasteiger partial charge in [-0.05, 0) is 22.3 Å². The number of carbonyl (C=O) groups is 1. The molecule has 1 N–H and O–H groups in total. The number of hydrogen-bond donors (Lipinski definition) is 1. The van der Waals surface area contributed by atoms with Crippen LogP contribution >= 0.6 is 0 Å². The summed E-state index contributed by atoms with van der Waals surface area (Å²) in [6.45, 7) is 1.31. The Bertz CT molecular complexity index is 640. The number of aliphatic hydroxyl groups is 1. The first kappa shape index (κ1) is 13.6. The lowest BCUT2D eigenvalue weighted by Crippen LogP contribution is -2.26. The number of benzene rings is 2. The number of fused-ring (bicyclic) bond motifs is 1. The monoisotopic (exact) mass is 283 g/mol.